The quantitative estimate of drug-likeness (QED) is 0.752. The molecule has 2 heterocycles. The number of carbonyl (C=O) groups excluding carboxylic acids is 2. The van der Waals surface area contributed by atoms with Gasteiger partial charge in [0.2, 0.25) is 5.91 Å². The number of aryl methyl sites for hydroxylation is 1. The van der Waals surface area contributed by atoms with E-state index in [2.05, 4.69) is 20.7 Å². The highest BCUT2D eigenvalue weighted by atomic mass is 16.5. The molecule has 9 nitrogen and oxygen atoms in total. The summed E-state index contributed by atoms with van der Waals surface area (Å²) < 4.78 is 7.89. The molecule has 112 valence electrons. The lowest BCUT2D eigenvalue weighted by atomic mass is 10.2. The molecule has 21 heavy (non-hydrogen) atoms. The van der Waals surface area contributed by atoms with Gasteiger partial charge < -0.3 is 10.1 Å². The SMILES string of the molecule is CCOC(=O)c1nnn(CC(=O)NC)c1-c1cnn(C)c1. The average molecular weight is 292 g/mol. The summed E-state index contributed by atoms with van der Waals surface area (Å²) in [6.45, 7) is 1.89. The zero-order chi connectivity index (χ0) is 15.4. The summed E-state index contributed by atoms with van der Waals surface area (Å²) in [5.74, 6) is -0.833. The van der Waals surface area contributed by atoms with E-state index >= 15 is 0 Å². The Kier molecular flexibility index (Phi) is 4.31. The maximum atomic E-state index is 11.9. The minimum atomic E-state index is -0.584. The molecule has 0 aliphatic rings. The number of amides is 1. The molecule has 1 amide bonds. The lowest BCUT2D eigenvalue weighted by Crippen LogP contribution is -2.24. The number of hydrogen-bond donors (Lipinski definition) is 1. The fourth-order valence-corrected chi connectivity index (χ4v) is 1.80. The summed E-state index contributed by atoms with van der Waals surface area (Å²) >= 11 is 0. The highest BCUT2D eigenvalue weighted by molar-refractivity contribution is 5.94. The summed E-state index contributed by atoms with van der Waals surface area (Å²) in [4.78, 5) is 23.5. The molecule has 2 rings (SSSR count). The highest BCUT2D eigenvalue weighted by Crippen LogP contribution is 2.22. The molecule has 0 radical (unpaired) electrons. The van der Waals surface area contributed by atoms with Crippen LogP contribution in [0.3, 0.4) is 0 Å². The Labute approximate surface area is 120 Å². The van der Waals surface area contributed by atoms with E-state index in [1.165, 1.54) is 11.7 Å². The van der Waals surface area contributed by atoms with Crippen molar-refractivity contribution in [1.29, 1.82) is 0 Å². The summed E-state index contributed by atoms with van der Waals surface area (Å²) in [6, 6.07) is 0. The van der Waals surface area contributed by atoms with Crippen LogP contribution in [0.15, 0.2) is 12.4 Å². The number of hydrogen-bond acceptors (Lipinski definition) is 6. The van der Waals surface area contributed by atoms with E-state index in [4.69, 9.17) is 4.74 Å². The Morgan fingerprint density at radius 2 is 2.19 bits per heavy atom. The van der Waals surface area contributed by atoms with Crippen LogP contribution in [0.4, 0.5) is 0 Å². The predicted molar refractivity (Wildman–Crippen MR) is 72.2 cm³/mol. The smallest absolute Gasteiger partial charge is 0.361 e. The van der Waals surface area contributed by atoms with Crippen LogP contribution in [0, 0.1) is 0 Å². The van der Waals surface area contributed by atoms with Crippen molar-refractivity contribution in [3.8, 4) is 11.3 Å². The topological polar surface area (TPSA) is 104 Å². The van der Waals surface area contributed by atoms with Crippen LogP contribution < -0.4 is 5.32 Å². The van der Waals surface area contributed by atoms with Crippen LogP contribution in [-0.2, 0) is 23.1 Å². The van der Waals surface area contributed by atoms with Crippen molar-refractivity contribution in [3.05, 3.63) is 18.1 Å². The fourth-order valence-electron chi connectivity index (χ4n) is 1.80. The van der Waals surface area contributed by atoms with Crippen LogP contribution in [0.2, 0.25) is 0 Å². The van der Waals surface area contributed by atoms with Crippen molar-refractivity contribution < 1.29 is 14.3 Å². The first-order chi connectivity index (χ1) is 10.1. The van der Waals surface area contributed by atoms with Crippen LogP contribution in [0.25, 0.3) is 11.3 Å². The third kappa shape index (κ3) is 3.07. The molecule has 0 fully saturated rings. The van der Waals surface area contributed by atoms with E-state index in [1.807, 2.05) is 0 Å². The Morgan fingerprint density at radius 1 is 1.43 bits per heavy atom. The molecule has 0 saturated heterocycles. The van der Waals surface area contributed by atoms with Crippen molar-refractivity contribution in [2.24, 2.45) is 7.05 Å². The van der Waals surface area contributed by atoms with Gasteiger partial charge in [-0.25, -0.2) is 9.48 Å². The van der Waals surface area contributed by atoms with Crippen molar-refractivity contribution >= 4 is 11.9 Å². The molecule has 1 N–H and O–H groups in total. The third-order valence-electron chi connectivity index (χ3n) is 2.75. The molecular weight excluding hydrogens is 276 g/mol. The van der Waals surface area contributed by atoms with Crippen LogP contribution >= 0.6 is 0 Å². The molecule has 9 heteroatoms. The second-order valence-electron chi connectivity index (χ2n) is 4.24. The molecule has 0 unspecified atom stereocenters. The Hall–Kier alpha value is -2.71. The minimum absolute atomic E-state index is 0.0485. The van der Waals surface area contributed by atoms with Gasteiger partial charge in [0.25, 0.3) is 0 Å². The zero-order valence-electron chi connectivity index (χ0n) is 12.0. The molecule has 0 aliphatic heterocycles. The fraction of sp³-hybridized carbons (Fsp3) is 0.417. The van der Waals surface area contributed by atoms with Gasteiger partial charge in [-0.05, 0) is 6.92 Å². The average Bonchev–Trinajstić information content (AvgIpc) is 3.05. The first kappa shape index (κ1) is 14.7. The van der Waals surface area contributed by atoms with Crippen LogP contribution in [0.5, 0.6) is 0 Å². The van der Waals surface area contributed by atoms with Gasteiger partial charge in [-0.3, -0.25) is 9.48 Å². The van der Waals surface area contributed by atoms with E-state index < -0.39 is 5.97 Å². The summed E-state index contributed by atoms with van der Waals surface area (Å²) in [5, 5.41) is 14.2. The monoisotopic (exact) mass is 292 g/mol. The Morgan fingerprint density at radius 3 is 2.76 bits per heavy atom. The van der Waals surface area contributed by atoms with Gasteiger partial charge in [0, 0.05) is 25.9 Å². The van der Waals surface area contributed by atoms with Gasteiger partial charge in [-0.15, -0.1) is 5.10 Å². The largest absolute Gasteiger partial charge is 0.461 e. The molecule has 2 aromatic heterocycles. The van der Waals surface area contributed by atoms with Crippen molar-refractivity contribution in [2.45, 2.75) is 13.5 Å². The van der Waals surface area contributed by atoms with Crippen LogP contribution in [-0.4, -0.2) is 50.3 Å². The first-order valence-electron chi connectivity index (χ1n) is 6.37. The second kappa shape index (κ2) is 6.16. The van der Waals surface area contributed by atoms with Gasteiger partial charge in [-0.2, -0.15) is 5.10 Å². The van der Waals surface area contributed by atoms with Gasteiger partial charge in [-0.1, -0.05) is 5.21 Å². The van der Waals surface area contributed by atoms with E-state index in [9.17, 15) is 9.59 Å². The number of nitrogens with zero attached hydrogens (tertiary/aromatic N) is 5. The lowest BCUT2D eigenvalue weighted by molar-refractivity contribution is -0.121. The lowest BCUT2D eigenvalue weighted by Gasteiger charge is -2.05. The Bertz CT molecular complexity index is 660. The molecule has 0 aromatic carbocycles. The zero-order valence-corrected chi connectivity index (χ0v) is 12.0. The van der Waals surface area contributed by atoms with Crippen molar-refractivity contribution in [1.82, 2.24) is 30.1 Å². The molecule has 0 bridgehead atoms. The Balaban J connectivity index is 2.47. The van der Waals surface area contributed by atoms with Gasteiger partial charge >= 0.3 is 5.97 Å². The summed E-state index contributed by atoms with van der Waals surface area (Å²) in [7, 11) is 3.27. The number of likely N-dealkylation sites (N-methyl/N-ethyl adjacent to an activating group) is 1. The molecule has 0 aliphatic carbocycles. The maximum absolute atomic E-state index is 11.9. The van der Waals surface area contributed by atoms with E-state index in [-0.39, 0.29) is 24.8 Å². The molecule has 0 atom stereocenters. The van der Waals surface area contributed by atoms with E-state index in [0.29, 0.717) is 11.3 Å². The van der Waals surface area contributed by atoms with Crippen molar-refractivity contribution in [3.63, 3.8) is 0 Å². The molecule has 2 aromatic rings. The third-order valence-corrected chi connectivity index (χ3v) is 2.75. The van der Waals surface area contributed by atoms with E-state index in [1.54, 1.807) is 31.0 Å². The van der Waals surface area contributed by atoms with E-state index in [0.717, 1.165) is 0 Å². The molecular formula is C12H16N6O3. The maximum Gasteiger partial charge on any atom is 0.361 e. The standard InChI is InChI=1S/C12H16N6O3/c1-4-21-12(20)10-11(8-5-14-17(3)6-8)18(16-15-10)7-9(19)13-2/h5-6H,4,7H2,1-3H3,(H,13,19). The summed E-state index contributed by atoms with van der Waals surface area (Å²) in [5.41, 5.74) is 1.10. The number of rotatable bonds is 5. The number of ether oxygens (including phenoxy) is 1. The van der Waals surface area contributed by atoms with Crippen molar-refractivity contribution in [2.75, 3.05) is 13.7 Å². The molecule has 0 saturated carbocycles. The first-order valence-corrected chi connectivity index (χ1v) is 6.37. The second-order valence-corrected chi connectivity index (χ2v) is 4.24. The van der Waals surface area contributed by atoms with Gasteiger partial charge in [0.1, 0.15) is 12.2 Å². The number of aromatic nitrogens is 5. The molecule has 0 spiro atoms. The van der Waals surface area contributed by atoms with Crippen LogP contribution in [0.1, 0.15) is 17.4 Å². The number of carbonyl (C=O) groups is 2. The summed E-state index contributed by atoms with van der Waals surface area (Å²) in [6.07, 6.45) is 3.28. The normalized spacial score (nSPS) is 10.4. The van der Waals surface area contributed by atoms with Gasteiger partial charge in [0.05, 0.1) is 12.8 Å². The number of esters is 1. The number of nitrogens with one attached hydrogen (secondary N) is 1. The highest BCUT2D eigenvalue weighted by Gasteiger charge is 2.24. The minimum Gasteiger partial charge on any atom is -0.461 e. The van der Waals surface area contributed by atoms with Gasteiger partial charge in [0.15, 0.2) is 5.69 Å². The predicted octanol–water partition coefficient (Wildman–Crippen LogP) is -0.399.